The van der Waals surface area contributed by atoms with E-state index in [0.717, 1.165) is 16.9 Å². The molecule has 21 heavy (non-hydrogen) atoms. The second-order valence-electron chi connectivity index (χ2n) is 4.99. The van der Waals surface area contributed by atoms with Gasteiger partial charge in [-0.2, -0.15) is 0 Å². The molecule has 0 aliphatic rings. The number of pyridine rings is 1. The quantitative estimate of drug-likeness (QED) is 0.826. The van der Waals surface area contributed by atoms with E-state index >= 15 is 0 Å². The van der Waals surface area contributed by atoms with Gasteiger partial charge in [-0.05, 0) is 49.6 Å². The highest BCUT2D eigenvalue weighted by molar-refractivity contribution is 5.90. The molecule has 0 atom stereocenters. The van der Waals surface area contributed by atoms with Crippen molar-refractivity contribution in [3.63, 3.8) is 0 Å². The maximum Gasteiger partial charge on any atom is 0.225 e. The summed E-state index contributed by atoms with van der Waals surface area (Å²) in [5.74, 6) is 1.43. The molecule has 0 radical (unpaired) electrons. The number of amides is 1. The van der Waals surface area contributed by atoms with E-state index in [0.29, 0.717) is 25.3 Å². The molecule has 110 valence electrons. The Morgan fingerprint density at radius 2 is 2.10 bits per heavy atom. The van der Waals surface area contributed by atoms with Crippen molar-refractivity contribution >= 4 is 11.7 Å². The van der Waals surface area contributed by atoms with Crippen LogP contribution in [-0.2, 0) is 4.79 Å². The number of ether oxygens (including phenoxy) is 1. The Kier molecular flexibility index (Phi) is 5.32. The van der Waals surface area contributed by atoms with E-state index in [-0.39, 0.29) is 5.91 Å². The van der Waals surface area contributed by atoms with Crippen molar-refractivity contribution in [2.24, 2.45) is 0 Å². The molecule has 4 nitrogen and oxygen atoms in total. The molecule has 1 N–H and O–H groups in total. The van der Waals surface area contributed by atoms with Crippen molar-refractivity contribution in [1.82, 2.24) is 4.98 Å². The molecule has 0 saturated heterocycles. The molecule has 0 unspecified atom stereocenters. The van der Waals surface area contributed by atoms with E-state index in [1.54, 1.807) is 6.20 Å². The van der Waals surface area contributed by atoms with Crippen LogP contribution in [0, 0.1) is 13.8 Å². The normalized spacial score (nSPS) is 10.2. The molecular formula is C17H20N2O2. The Morgan fingerprint density at radius 1 is 1.24 bits per heavy atom. The first-order valence-electron chi connectivity index (χ1n) is 7.06. The average Bonchev–Trinajstić information content (AvgIpc) is 2.46. The van der Waals surface area contributed by atoms with Crippen LogP contribution in [0.2, 0.25) is 0 Å². The predicted molar refractivity (Wildman–Crippen MR) is 83.5 cm³/mol. The topological polar surface area (TPSA) is 51.2 Å². The molecule has 0 aliphatic heterocycles. The number of nitrogens with zero attached hydrogens (tertiary/aromatic N) is 1. The van der Waals surface area contributed by atoms with Crippen molar-refractivity contribution in [2.45, 2.75) is 26.7 Å². The molecule has 0 spiro atoms. The molecule has 4 heteroatoms. The zero-order valence-corrected chi connectivity index (χ0v) is 12.4. The van der Waals surface area contributed by atoms with Gasteiger partial charge in [0.05, 0.1) is 6.61 Å². The van der Waals surface area contributed by atoms with E-state index in [2.05, 4.69) is 10.3 Å². The second-order valence-corrected chi connectivity index (χ2v) is 4.99. The Balaban J connectivity index is 1.71. The van der Waals surface area contributed by atoms with Crippen molar-refractivity contribution in [1.29, 1.82) is 0 Å². The smallest absolute Gasteiger partial charge is 0.225 e. The SMILES string of the molecule is Cc1cccc(OCCCC(=O)Nc2ncccc2C)c1. The van der Waals surface area contributed by atoms with E-state index in [1.807, 2.05) is 50.2 Å². The first-order valence-corrected chi connectivity index (χ1v) is 7.06. The number of carbonyl (C=O) groups is 1. The van der Waals surface area contributed by atoms with Gasteiger partial charge >= 0.3 is 0 Å². The van der Waals surface area contributed by atoms with Gasteiger partial charge in [0.2, 0.25) is 5.91 Å². The average molecular weight is 284 g/mol. The fraction of sp³-hybridized carbons (Fsp3) is 0.294. The number of aromatic nitrogens is 1. The molecule has 1 aromatic heterocycles. The van der Waals surface area contributed by atoms with Crippen molar-refractivity contribution in [3.8, 4) is 5.75 Å². The first kappa shape index (κ1) is 15.0. The lowest BCUT2D eigenvalue weighted by Gasteiger charge is -2.08. The van der Waals surface area contributed by atoms with Crippen LogP contribution < -0.4 is 10.1 Å². The van der Waals surface area contributed by atoms with Gasteiger partial charge in [-0.1, -0.05) is 18.2 Å². The van der Waals surface area contributed by atoms with Crippen molar-refractivity contribution < 1.29 is 9.53 Å². The third kappa shape index (κ3) is 4.91. The number of benzene rings is 1. The van der Waals surface area contributed by atoms with Crippen LogP contribution >= 0.6 is 0 Å². The van der Waals surface area contributed by atoms with Gasteiger partial charge in [0.1, 0.15) is 11.6 Å². The Morgan fingerprint density at radius 3 is 2.86 bits per heavy atom. The summed E-state index contributed by atoms with van der Waals surface area (Å²) < 4.78 is 5.62. The summed E-state index contributed by atoms with van der Waals surface area (Å²) in [6, 6.07) is 11.7. The molecular weight excluding hydrogens is 264 g/mol. The second kappa shape index (κ2) is 7.43. The fourth-order valence-electron chi connectivity index (χ4n) is 1.94. The summed E-state index contributed by atoms with van der Waals surface area (Å²) in [4.78, 5) is 16.0. The molecule has 0 saturated carbocycles. The largest absolute Gasteiger partial charge is 0.494 e. The molecule has 1 amide bonds. The van der Waals surface area contributed by atoms with Gasteiger partial charge in [0, 0.05) is 12.6 Å². The number of anilines is 1. The Hall–Kier alpha value is -2.36. The first-order chi connectivity index (χ1) is 10.1. The van der Waals surface area contributed by atoms with Gasteiger partial charge in [-0.15, -0.1) is 0 Å². The van der Waals surface area contributed by atoms with E-state index < -0.39 is 0 Å². The van der Waals surface area contributed by atoms with Gasteiger partial charge < -0.3 is 10.1 Å². The maximum absolute atomic E-state index is 11.8. The van der Waals surface area contributed by atoms with Gasteiger partial charge in [0.25, 0.3) is 0 Å². The van der Waals surface area contributed by atoms with Gasteiger partial charge in [-0.3, -0.25) is 4.79 Å². The number of hydrogen-bond acceptors (Lipinski definition) is 3. The summed E-state index contributed by atoms with van der Waals surface area (Å²) in [6.45, 7) is 4.47. The number of nitrogens with one attached hydrogen (secondary N) is 1. The van der Waals surface area contributed by atoms with Crippen LogP contribution in [0.15, 0.2) is 42.6 Å². The third-order valence-electron chi connectivity index (χ3n) is 3.07. The van der Waals surface area contributed by atoms with Gasteiger partial charge in [0.15, 0.2) is 0 Å². The highest BCUT2D eigenvalue weighted by Gasteiger charge is 2.05. The van der Waals surface area contributed by atoms with E-state index in [4.69, 9.17) is 4.74 Å². The number of carbonyl (C=O) groups excluding carboxylic acids is 1. The van der Waals surface area contributed by atoms with Crippen LogP contribution in [0.3, 0.4) is 0 Å². The third-order valence-corrected chi connectivity index (χ3v) is 3.07. The van der Waals surface area contributed by atoms with Crippen LogP contribution in [0.1, 0.15) is 24.0 Å². The number of aryl methyl sites for hydroxylation is 2. The summed E-state index contributed by atoms with van der Waals surface area (Å²) in [5, 5.41) is 2.81. The predicted octanol–water partition coefficient (Wildman–Crippen LogP) is 3.50. The van der Waals surface area contributed by atoms with Crippen LogP contribution in [-0.4, -0.2) is 17.5 Å². The van der Waals surface area contributed by atoms with Crippen LogP contribution in [0.4, 0.5) is 5.82 Å². The summed E-state index contributed by atoms with van der Waals surface area (Å²) in [6.07, 6.45) is 2.76. The fourth-order valence-corrected chi connectivity index (χ4v) is 1.94. The van der Waals surface area contributed by atoms with E-state index in [9.17, 15) is 4.79 Å². The Labute approximate surface area is 125 Å². The molecule has 0 bridgehead atoms. The number of rotatable bonds is 6. The van der Waals surface area contributed by atoms with Crippen LogP contribution in [0.5, 0.6) is 5.75 Å². The van der Waals surface area contributed by atoms with E-state index in [1.165, 1.54) is 0 Å². The minimum Gasteiger partial charge on any atom is -0.494 e. The maximum atomic E-state index is 11.8. The molecule has 1 aromatic carbocycles. The zero-order valence-electron chi connectivity index (χ0n) is 12.4. The lowest BCUT2D eigenvalue weighted by atomic mass is 10.2. The van der Waals surface area contributed by atoms with Crippen molar-refractivity contribution in [2.75, 3.05) is 11.9 Å². The standard InChI is InChI=1S/C17H20N2O2/c1-13-6-3-8-15(12-13)21-11-5-9-16(20)19-17-14(2)7-4-10-18-17/h3-4,6-8,10,12H,5,9,11H2,1-2H3,(H,18,19,20). The highest BCUT2D eigenvalue weighted by atomic mass is 16.5. The summed E-state index contributed by atoms with van der Waals surface area (Å²) in [7, 11) is 0. The number of hydrogen-bond donors (Lipinski definition) is 1. The molecule has 1 heterocycles. The minimum absolute atomic E-state index is 0.0374. The van der Waals surface area contributed by atoms with Gasteiger partial charge in [-0.25, -0.2) is 4.98 Å². The minimum atomic E-state index is -0.0374. The highest BCUT2D eigenvalue weighted by Crippen LogP contribution is 2.13. The lowest BCUT2D eigenvalue weighted by molar-refractivity contribution is -0.116. The summed E-state index contributed by atoms with van der Waals surface area (Å²) >= 11 is 0. The van der Waals surface area contributed by atoms with Crippen LogP contribution in [0.25, 0.3) is 0 Å². The monoisotopic (exact) mass is 284 g/mol. The molecule has 2 rings (SSSR count). The molecule has 0 fully saturated rings. The Bertz CT molecular complexity index is 611. The lowest BCUT2D eigenvalue weighted by Crippen LogP contribution is -2.14. The molecule has 2 aromatic rings. The van der Waals surface area contributed by atoms with Crippen molar-refractivity contribution in [3.05, 3.63) is 53.7 Å². The molecule has 0 aliphatic carbocycles. The summed E-state index contributed by atoms with van der Waals surface area (Å²) in [5.41, 5.74) is 2.12. The zero-order chi connectivity index (χ0) is 15.1.